The summed E-state index contributed by atoms with van der Waals surface area (Å²) in [5.41, 5.74) is -0.561. The number of hydrogen-bond acceptors (Lipinski definition) is 2. The quantitative estimate of drug-likeness (QED) is 0.885. The summed E-state index contributed by atoms with van der Waals surface area (Å²) < 4.78 is 0. The van der Waals surface area contributed by atoms with E-state index in [1.807, 2.05) is 0 Å². The Balaban J connectivity index is 2.36. The van der Waals surface area contributed by atoms with E-state index in [2.05, 4.69) is 0 Å². The van der Waals surface area contributed by atoms with Crippen molar-refractivity contribution in [1.82, 2.24) is 0 Å². The molecule has 1 saturated carbocycles. The number of aliphatic hydroxyl groups is 1. The van der Waals surface area contributed by atoms with Crippen LogP contribution in [0.1, 0.15) is 43.6 Å². The zero-order valence-electron chi connectivity index (χ0n) is 10.1. The fourth-order valence-electron chi connectivity index (χ4n) is 2.82. The largest absolute Gasteiger partial charge is 0.481 e. The molecular weight excluding hydrogens is 252 g/mol. The van der Waals surface area contributed by atoms with Crippen LogP contribution in [0.2, 0.25) is 5.02 Å². The molecule has 4 heteroatoms. The van der Waals surface area contributed by atoms with Crippen molar-refractivity contribution in [3.63, 3.8) is 0 Å². The van der Waals surface area contributed by atoms with Gasteiger partial charge in [-0.25, -0.2) is 0 Å². The summed E-state index contributed by atoms with van der Waals surface area (Å²) in [7, 11) is 0. The Morgan fingerprint density at radius 3 is 2.50 bits per heavy atom. The van der Waals surface area contributed by atoms with E-state index >= 15 is 0 Å². The first-order valence-corrected chi connectivity index (χ1v) is 6.61. The summed E-state index contributed by atoms with van der Waals surface area (Å²) in [6, 6.07) is 6.78. The van der Waals surface area contributed by atoms with Crippen molar-refractivity contribution in [2.24, 2.45) is 0 Å². The van der Waals surface area contributed by atoms with Crippen molar-refractivity contribution in [3.05, 3.63) is 34.9 Å². The highest BCUT2D eigenvalue weighted by Crippen LogP contribution is 2.40. The maximum Gasteiger partial charge on any atom is 0.313 e. The van der Waals surface area contributed by atoms with Crippen molar-refractivity contribution in [3.8, 4) is 0 Å². The van der Waals surface area contributed by atoms with Gasteiger partial charge in [-0.1, -0.05) is 43.0 Å². The molecule has 2 N–H and O–H groups in total. The normalized spacial score (nSPS) is 20.3. The van der Waals surface area contributed by atoms with E-state index in [4.69, 9.17) is 11.6 Å². The molecule has 1 fully saturated rings. The summed E-state index contributed by atoms with van der Waals surface area (Å²) in [6.07, 6.45) is 3.89. The summed E-state index contributed by atoms with van der Waals surface area (Å²) in [5, 5.41) is 20.6. The minimum Gasteiger partial charge on any atom is -0.481 e. The molecule has 1 aromatic carbocycles. The van der Waals surface area contributed by atoms with Gasteiger partial charge in [0.25, 0.3) is 0 Å². The molecule has 0 amide bonds. The van der Waals surface area contributed by atoms with E-state index in [1.54, 1.807) is 24.3 Å². The lowest BCUT2D eigenvalue weighted by Crippen LogP contribution is -2.42. The monoisotopic (exact) mass is 268 g/mol. The Kier molecular flexibility index (Phi) is 3.93. The van der Waals surface area contributed by atoms with Gasteiger partial charge in [0, 0.05) is 5.02 Å². The first-order chi connectivity index (χ1) is 8.53. The van der Waals surface area contributed by atoms with Gasteiger partial charge in [-0.15, -0.1) is 0 Å². The zero-order chi connectivity index (χ0) is 13.2. The number of halogens is 1. The standard InChI is InChI=1S/C14H17ClO3/c15-11-6-4-5-10(9-11)12(13(16)17)14(18)7-2-1-3-8-14/h4-6,9,12,18H,1-3,7-8H2,(H,16,17)/t12-/m1/s1. The Morgan fingerprint density at radius 2 is 1.94 bits per heavy atom. The summed E-state index contributed by atoms with van der Waals surface area (Å²) in [4.78, 5) is 11.5. The summed E-state index contributed by atoms with van der Waals surface area (Å²) in [6.45, 7) is 0. The average molecular weight is 269 g/mol. The molecule has 1 atom stereocenters. The first-order valence-electron chi connectivity index (χ1n) is 6.23. The van der Waals surface area contributed by atoms with Crippen LogP contribution in [0, 0.1) is 0 Å². The minimum atomic E-state index is -1.14. The lowest BCUT2D eigenvalue weighted by molar-refractivity contribution is -0.147. The van der Waals surface area contributed by atoms with E-state index in [0.29, 0.717) is 23.4 Å². The first kappa shape index (κ1) is 13.4. The molecule has 1 aromatic rings. The third-order valence-corrected chi connectivity index (χ3v) is 3.92. The van der Waals surface area contributed by atoms with E-state index < -0.39 is 17.5 Å². The average Bonchev–Trinajstić information content (AvgIpc) is 2.29. The molecule has 0 spiro atoms. The SMILES string of the molecule is O=C(O)[C@@H](c1cccc(Cl)c1)C1(O)CCCCC1. The Labute approximate surface area is 111 Å². The van der Waals surface area contributed by atoms with Gasteiger partial charge in [-0.05, 0) is 30.5 Å². The molecule has 0 bridgehead atoms. The third kappa shape index (κ3) is 2.68. The van der Waals surface area contributed by atoms with Crippen LogP contribution in [0.3, 0.4) is 0 Å². The van der Waals surface area contributed by atoms with E-state index in [1.165, 1.54) is 0 Å². The van der Waals surface area contributed by atoms with Crippen LogP contribution in [0.15, 0.2) is 24.3 Å². The van der Waals surface area contributed by atoms with Crippen LogP contribution >= 0.6 is 11.6 Å². The molecule has 0 saturated heterocycles. The molecule has 3 nitrogen and oxygen atoms in total. The molecule has 98 valence electrons. The fraction of sp³-hybridized carbons (Fsp3) is 0.500. The zero-order valence-corrected chi connectivity index (χ0v) is 10.9. The number of carboxylic acid groups (broad SMARTS) is 1. The van der Waals surface area contributed by atoms with Crippen molar-refractivity contribution in [2.75, 3.05) is 0 Å². The Morgan fingerprint density at radius 1 is 1.28 bits per heavy atom. The number of aliphatic carboxylic acids is 1. The number of benzene rings is 1. The van der Waals surface area contributed by atoms with E-state index in [9.17, 15) is 15.0 Å². The number of hydrogen-bond donors (Lipinski definition) is 2. The van der Waals surface area contributed by atoms with Crippen LogP contribution in [-0.2, 0) is 4.79 Å². The van der Waals surface area contributed by atoms with Crippen molar-refractivity contribution >= 4 is 17.6 Å². The van der Waals surface area contributed by atoms with Gasteiger partial charge >= 0.3 is 5.97 Å². The van der Waals surface area contributed by atoms with Crippen LogP contribution in [0.25, 0.3) is 0 Å². The van der Waals surface area contributed by atoms with Crippen LogP contribution in [0.4, 0.5) is 0 Å². The Hall–Kier alpha value is -1.06. The lowest BCUT2D eigenvalue weighted by atomic mass is 9.73. The molecule has 0 aromatic heterocycles. The molecule has 0 unspecified atom stereocenters. The lowest BCUT2D eigenvalue weighted by Gasteiger charge is -2.37. The second-order valence-electron chi connectivity index (χ2n) is 4.99. The number of carbonyl (C=O) groups is 1. The van der Waals surface area contributed by atoms with Gasteiger partial charge in [0.05, 0.1) is 5.60 Å². The van der Waals surface area contributed by atoms with E-state index in [-0.39, 0.29) is 0 Å². The van der Waals surface area contributed by atoms with Crippen LogP contribution < -0.4 is 0 Å². The van der Waals surface area contributed by atoms with Gasteiger partial charge in [0.15, 0.2) is 0 Å². The van der Waals surface area contributed by atoms with Gasteiger partial charge in [-0.2, -0.15) is 0 Å². The molecule has 0 aliphatic heterocycles. The highest BCUT2D eigenvalue weighted by Gasteiger charge is 2.43. The molecule has 0 radical (unpaired) electrons. The van der Waals surface area contributed by atoms with Crippen LogP contribution in [-0.4, -0.2) is 21.8 Å². The predicted molar refractivity (Wildman–Crippen MR) is 69.9 cm³/mol. The fourth-order valence-corrected chi connectivity index (χ4v) is 3.02. The molecule has 0 heterocycles. The maximum absolute atomic E-state index is 11.5. The van der Waals surface area contributed by atoms with Gasteiger partial charge in [0.2, 0.25) is 0 Å². The van der Waals surface area contributed by atoms with Crippen LogP contribution in [0.5, 0.6) is 0 Å². The number of rotatable bonds is 3. The second-order valence-corrected chi connectivity index (χ2v) is 5.43. The maximum atomic E-state index is 11.5. The molecule has 1 aliphatic rings. The van der Waals surface area contributed by atoms with E-state index in [0.717, 1.165) is 19.3 Å². The Bertz CT molecular complexity index is 438. The summed E-state index contributed by atoms with van der Waals surface area (Å²) in [5.74, 6) is -1.88. The highest BCUT2D eigenvalue weighted by molar-refractivity contribution is 6.30. The minimum absolute atomic E-state index is 0.498. The van der Waals surface area contributed by atoms with Gasteiger partial charge in [-0.3, -0.25) is 4.79 Å². The van der Waals surface area contributed by atoms with Crippen molar-refractivity contribution < 1.29 is 15.0 Å². The summed E-state index contributed by atoms with van der Waals surface area (Å²) >= 11 is 5.90. The molecule has 2 rings (SSSR count). The van der Waals surface area contributed by atoms with Gasteiger partial charge < -0.3 is 10.2 Å². The highest BCUT2D eigenvalue weighted by atomic mass is 35.5. The smallest absolute Gasteiger partial charge is 0.313 e. The third-order valence-electron chi connectivity index (χ3n) is 3.69. The molecule has 1 aliphatic carbocycles. The molecule has 18 heavy (non-hydrogen) atoms. The van der Waals surface area contributed by atoms with Gasteiger partial charge in [0.1, 0.15) is 5.92 Å². The van der Waals surface area contributed by atoms with Crippen molar-refractivity contribution in [2.45, 2.75) is 43.6 Å². The predicted octanol–water partition coefficient (Wildman–Crippen LogP) is 3.20. The number of carboxylic acids is 1. The topological polar surface area (TPSA) is 57.5 Å². The molecular formula is C14H17ClO3. The second kappa shape index (κ2) is 5.29. The van der Waals surface area contributed by atoms with Crippen molar-refractivity contribution in [1.29, 1.82) is 0 Å².